The van der Waals surface area contributed by atoms with Gasteiger partial charge in [0.05, 0.1) is 16.4 Å². The van der Waals surface area contributed by atoms with Crippen molar-refractivity contribution in [3.63, 3.8) is 0 Å². The number of alkyl halides is 2. The molecule has 3 heterocycles. The summed E-state index contributed by atoms with van der Waals surface area (Å²) in [5.74, 6) is 0.712. The first-order chi connectivity index (χ1) is 16.5. The van der Waals surface area contributed by atoms with Gasteiger partial charge in [-0.3, -0.25) is 4.57 Å². The fourth-order valence-electron chi connectivity index (χ4n) is 3.44. The number of nitrogens with zero attached hydrogens (tertiary/aromatic N) is 4. The van der Waals surface area contributed by atoms with Crippen molar-refractivity contribution in [1.29, 1.82) is 0 Å². The van der Waals surface area contributed by atoms with E-state index in [-0.39, 0.29) is 0 Å². The van der Waals surface area contributed by atoms with Gasteiger partial charge in [0.1, 0.15) is 23.3 Å². The van der Waals surface area contributed by atoms with E-state index in [1.54, 1.807) is 48.5 Å². The minimum atomic E-state index is -3.85. The summed E-state index contributed by atoms with van der Waals surface area (Å²) < 4.78 is 52.7. The molecule has 1 aliphatic heterocycles. The minimum absolute atomic E-state index is 0.356. The Labute approximate surface area is 207 Å². The monoisotopic (exact) mass is 596 g/mol. The molecule has 2 aromatic carbocycles. The number of imidazole rings is 1. The second kappa shape index (κ2) is 9.95. The van der Waals surface area contributed by atoms with E-state index >= 15 is 4.39 Å². The summed E-state index contributed by atoms with van der Waals surface area (Å²) in [6.07, 6.45) is 0.438. The van der Waals surface area contributed by atoms with Crippen molar-refractivity contribution in [3.05, 3.63) is 79.5 Å². The van der Waals surface area contributed by atoms with E-state index in [4.69, 9.17) is 18.5 Å². The Morgan fingerprint density at radius 3 is 2.32 bits per heavy atom. The van der Waals surface area contributed by atoms with E-state index in [0.717, 1.165) is 0 Å². The largest absolute Gasteiger partial charge is 0.456 e. The second-order valence-corrected chi connectivity index (χ2v) is 10.7. The highest BCUT2D eigenvalue weighted by atomic mass is 127. The zero-order chi connectivity index (χ0) is 23.5. The zero-order valence-electron chi connectivity index (χ0n) is 17.6. The number of hydrogen-bond acceptors (Lipinski definition) is 8. The predicted octanol–water partition coefficient (Wildman–Crippen LogP) is 5.15. The summed E-state index contributed by atoms with van der Waals surface area (Å²) in [5, 5.41) is 0. The normalized spacial score (nSPS) is 22.6. The van der Waals surface area contributed by atoms with Crippen molar-refractivity contribution in [2.75, 3.05) is 6.35 Å². The van der Waals surface area contributed by atoms with Crippen molar-refractivity contribution in [2.24, 2.45) is 0 Å². The number of benzene rings is 2. The highest BCUT2D eigenvalue weighted by Crippen LogP contribution is 2.50. The molecule has 12 heteroatoms. The molecule has 0 radical (unpaired) electrons. The van der Waals surface area contributed by atoms with Gasteiger partial charge in [-0.2, -0.15) is 0 Å². The quantitative estimate of drug-likeness (QED) is 0.157. The minimum Gasteiger partial charge on any atom is -0.415 e. The van der Waals surface area contributed by atoms with Gasteiger partial charge in [0.25, 0.3) is 0 Å². The van der Waals surface area contributed by atoms with Crippen molar-refractivity contribution in [2.45, 2.75) is 22.6 Å². The Morgan fingerprint density at radius 2 is 1.68 bits per heavy atom. The first-order valence-electron chi connectivity index (χ1n) is 10.3. The second-order valence-electron chi connectivity index (χ2n) is 7.38. The van der Waals surface area contributed by atoms with Gasteiger partial charge in [-0.05, 0) is 24.3 Å². The number of aromatic nitrogens is 4. The van der Waals surface area contributed by atoms with Crippen molar-refractivity contribution in [1.82, 2.24) is 19.5 Å². The van der Waals surface area contributed by atoms with Crippen LogP contribution in [0.3, 0.4) is 0 Å². The summed E-state index contributed by atoms with van der Waals surface area (Å²) in [5.41, 5.74) is 0.960. The van der Waals surface area contributed by atoms with Gasteiger partial charge in [0.2, 0.25) is 0 Å². The lowest BCUT2D eigenvalue weighted by Gasteiger charge is -2.22. The van der Waals surface area contributed by atoms with Crippen molar-refractivity contribution in [3.8, 4) is 11.5 Å². The third-order valence-corrected chi connectivity index (χ3v) is 7.71. The molecule has 1 saturated heterocycles. The van der Waals surface area contributed by atoms with E-state index < -0.39 is 36.6 Å². The lowest BCUT2D eigenvalue weighted by atomic mass is 10.3. The maximum atomic E-state index is 15.2. The summed E-state index contributed by atoms with van der Waals surface area (Å²) in [6, 6.07) is 17.3. The summed E-state index contributed by atoms with van der Waals surface area (Å²) >= 11 is 1.92. The molecule has 0 bridgehead atoms. The fourth-order valence-corrected chi connectivity index (χ4v) is 5.53. The molecule has 0 saturated carbocycles. The Bertz CT molecular complexity index is 1250. The van der Waals surface area contributed by atoms with Crippen LogP contribution in [0.1, 0.15) is 6.23 Å². The van der Waals surface area contributed by atoms with Crippen LogP contribution in [0.2, 0.25) is 0 Å². The number of rotatable bonds is 8. The summed E-state index contributed by atoms with van der Waals surface area (Å²) in [4.78, 5) is 12.3. The molecule has 34 heavy (non-hydrogen) atoms. The molecule has 0 amide bonds. The Morgan fingerprint density at radius 1 is 1.03 bits per heavy atom. The predicted molar refractivity (Wildman–Crippen MR) is 130 cm³/mol. The SMILES string of the molecule is O=P(CO[C@H]1O[C@@H](n2cnc3cncnc32)[C@@H](F)[C@@H]1I)(Oc1ccccc1)Oc1ccccc1. The molecule has 4 atom stereocenters. The first-order valence-corrected chi connectivity index (χ1v) is 13.3. The van der Waals surface area contributed by atoms with Gasteiger partial charge in [-0.25, -0.2) is 23.9 Å². The standard InChI is InChI=1S/C22H19FIN4O5P/c23-18-19(24)22(31-21(18)28-13-27-17-11-25-12-26-20(17)28)30-14-34(29,32-15-7-3-1-4-8-15)33-16-9-5-2-6-10-16/h1-13,18-19,21-22H,14H2/t18-,19-,21+,22-/m0/s1. The number of ether oxygens (including phenoxy) is 2. The van der Waals surface area contributed by atoms with Crippen LogP contribution in [0.5, 0.6) is 11.5 Å². The van der Waals surface area contributed by atoms with Crippen LogP contribution in [0.25, 0.3) is 11.2 Å². The van der Waals surface area contributed by atoms with Crippen LogP contribution in [-0.4, -0.2) is 42.3 Å². The van der Waals surface area contributed by atoms with Crippen LogP contribution < -0.4 is 9.05 Å². The Hall–Kier alpha value is -2.60. The molecule has 2 aromatic heterocycles. The molecule has 0 N–H and O–H groups in total. The van der Waals surface area contributed by atoms with E-state index in [1.165, 1.54) is 23.4 Å². The zero-order valence-corrected chi connectivity index (χ0v) is 20.6. The van der Waals surface area contributed by atoms with Crippen LogP contribution in [0, 0.1) is 0 Å². The molecular formula is C22H19FIN4O5P. The summed E-state index contributed by atoms with van der Waals surface area (Å²) in [6.45, 7) is 0. The van der Waals surface area contributed by atoms with Crippen LogP contribution in [0.15, 0.2) is 79.5 Å². The molecule has 1 fully saturated rings. The lowest BCUT2D eigenvalue weighted by molar-refractivity contribution is -0.140. The van der Waals surface area contributed by atoms with E-state index in [9.17, 15) is 4.57 Å². The van der Waals surface area contributed by atoms with Crippen LogP contribution >= 0.6 is 30.2 Å². The average Bonchev–Trinajstić information content (AvgIpc) is 3.40. The third-order valence-electron chi connectivity index (χ3n) is 5.00. The van der Waals surface area contributed by atoms with E-state index in [2.05, 4.69) is 15.0 Å². The van der Waals surface area contributed by atoms with Gasteiger partial charge in [-0.15, -0.1) is 0 Å². The number of fused-ring (bicyclic) bond motifs is 1. The van der Waals surface area contributed by atoms with Crippen molar-refractivity contribution >= 4 is 41.4 Å². The van der Waals surface area contributed by atoms with E-state index in [1.807, 2.05) is 34.7 Å². The van der Waals surface area contributed by atoms with Gasteiger partial charge in [0, 0.05) is 0 Å². The molecular weight excluding hydrogens is 577 g/mol. The molecule has 0 spiro atoms. The third kappa shape index (κ3) is 4.92. The van der Waals surface area contributed by atoms with Crippen LogP contribution in [0.4, 0.5) is 4.39 Å². The van der Waals surface area contributed by atoms with Crippen LogP contribution in [-0.2, 0) is 14.0 Å². The lowest BCUT2D eigenvalue weighted by Crippen LogP contribution is -2.25. The van der Waals surface area contributed by atoms with Gasteiger partial charge in [0.15, 0.2) is 30.7 Å². The summed E-state index contributed by atoms with van der Waals surface area (Å²) in [7, 11) is -3.85. The molecule has 0 unspecified atom stereocenters. The Balaban J connectivity index is 1.33. The number of halogens is 2. The number of hydrogen-bond donors (Lipinski definition) is 0. The molecule has 5 rings (SSSR count). The van der Waals surface area contributed by atoms with E-state index in [0.29, 0.717) is 22.7 Å². The molecule has 4 aromatic rings. The average molecular weight is 596 g/mol. The smallest absolute Gasteiger partial charge is 0.415 e. The topological polar surface area (TPSA) is 97.6 Å². The number of para-hydroxylation sites is 2. The fraction of sp³-hybridized carbons (Fsp3) is 0.227. The molecule has 9 nitrogen and oxygen atoms in total. The highest BCUT2D eigenvalue weighted by molar-refractivity contribution is 14.1. The molecule has 1 aliphatic rings. The van der Waals surface area contributed by atoms with Gasteiger partial charge in [-0.1, -0.05) is 59.0 Å². The maximum absolute atomic E-state index is 15.2. The van der Waals surface area contributed by atoms with Crippen molar-refractivity contribution < 1.29 is 27.5 Å². The molecule has 0 aliphatic carbocycles. The van der Waals surface area contributed by atoms with Gasteiger partial charge >= 0.3 is 7.60 Å². The van der Waals surface area contributed by atoms with Gasteiger partial charge < -0.3 is 18.5 Å². The Kier molecular flexibility index (Phi) is 6.77. The molecule has 176 valence electrons. The first kappa shape index (κ1) is 23.2. The highest BCUT2D eigenvalue weighted by Gasteiger charge is 2.47. The maximum Gasteiger partial charge on any atom is 0.456 e.